The van der Waals surface area contributed by atoms with Crippen LogP contribution in [-0.4, -0.2) is 22.5 Å². The van der Waals surface area contributed by atoms with Gasteiger partial charge in [0.1, 0.15) is 0 Å². The molecule has 0 saturated carbocycles. The number of aromatic nitrogens is 4. The van der Waals surface area contributed by atoms with Gasteiger partial charge in [-0.15, -0.1) is 0 Å². The maximum Gasteiger partial charge on any atom is 0.0549 e. The van der Waals surface area contributed by atoms with Gasteiger partial charge in [0.05, 0.1) is 55.5 Å². The van der Waals surface area contributed by atoms with Crippen LogP contribution >= 0.6 is 0 Å². The molecular weight excluding hydrogens is 1110 g/mol. The molecule has 18 aromatic rings. The van der Waals surface area contributed by atoms with Crippen LogP contribution in [0.5, 0.6) is 0 Å². The zero-order chi connectivity index (χ0) is 59.0. The first-order valence-electron chi connectivity index (χ1n) is 30.9. The Hall–Kier alpha value is -11.6. The van der Waals surface area contributed by atoms with E-state index in [2.05, 4.69) is 334 Å². The molecule has 0 fully saturated rings. The van der Waals surface area contributed by atoms with E-state index in [-0.39, 0.29) is 0 Å². The lowest BCUT2D eigenvalue weighted by molar-refractivity contribution is 0.658. The average molecular weight is 1170 g/mol. The molecule has 0 amide bonds. The molecule has 1 spiro atoms. The highest BCUT2D eigenvalue weighted by molar-refractivity contribution is 8.21. The van der Waals surface area contributed by atoms with Gasteiger partial charge in [0.2, 0.25) is 0 Å². The zero-order valence-corrected chi connectivity index (χ0v) is 49.4. The lowest BCUT2D eigenvalue weighted by atomic mass is 9.98. The van der Waals surface area contributed by atoms with Crippen LogP contribution in [0.2, 0.25) is 0 Å². The van der Waals surface area contributed by atoms with E-state index in [1.807, 2.05) is 0 Å². The third-order valence-electron chi connectivity index (χ3n) is 19.9. The summed E-state index contributed by atoms with van der Waals surface area (Å²) in [5.74, 6) is 0. The predicted molar refractivity (Wildman–Crippen MR) is 373 cm³/mol. The molecule has 20 rings (SSSR count). The van der Waals surface area contributed by atoms with Crippen LogP contribution in [0.4, 0.5) is 0 Å². The van der Waals surface area contributed by atoms with Gasteiger partial charge in [0.15, 0.2) is 0 Å². The number of nitrogens with zero attached hydrogens (tertiary/aromatic N) is 4. The fourth-order valence-corrected chi connectivity index (χ4v) is 21.3. The number of rotatable bonds is 6. The molecule has 90 heavy (non-hydrogen) atoms. The topological polar surface area (TPSA) is 36.8 Å². The molecule has 0 radical (unpaired) electrons. The van der Waals surface area contributed by atoms with Crippen molar-refractivity contribution in [3.8, 4) is 67.3 Å². The van der Waals surface area contributed by atoms with E-state index in [9.17, 15) is 0 Å². The summed E-state index contributed by atoms with van der Waals surface area (Å²) < 4.78 is 28.0. The lowest BCUT2D eigenvalue weighted by Gasteiger charge is -2.38. The molecule has 0 atom stereocenters. The van der Waals surface area contributed by atoms with E-state index >= 15 is 4.21 Å². The minimum atomic E-state index is -4.24. The standard InChI is InChI=1S/C84H52N4OS/c89-90(81-41-21-13-33-63(81)69-47-53(43-45-83(69)90)57-27-7-15-35-71(57)87-75-39-19-11-31-61(75)67-49-77-65(51-79(67)87)59-29-9-17-37-73(59)85(77)55-23-3-1-4-24-55)82-42-22-14-34-64(82)70-48-54(44-46-84(70)90)58-28-8-16-36-72(58)88-76-40-20-12-32-62(76)68-50-78-66(52-80(68)88)60-30-10-18-38-74(60)86(78)56-25-5-2-6-26-56/h1-52H. The van der Waals surface area contributed by atoms with Gasteiger partial charge >= 0.3 is 0 Å². The van der Waals surface area contributed by atoms with Crippen molar-refractivity contribution in [3.63, 3.8) is 0 Å². The molecule has 0 aliphatic carbocycles. The van der Waals surface area contributed by atoms with Gasteiger partial charge in [-0.3, -0.25) is 4.21 Å². The van der Waals surface area contributed by atoms with Crippen LogP contribution in [0.3, 0.4) is 0 Å². The van der Waals surface area contributed by atoms with Crippen molar-refractivity contribution in [2.45, 2.75) is 19.6 Å². The Morgan fingerprint density at radius 1 is 0.200 bits per heavy atom. The molecule has 0 saturated heterocycles. The summed E-state index contributed by atoms with van der Waals surface area (Å²) in [4.78, 5) is 3.43. The summed E-state index contributed by atoms with van der Waals surface area (Å²) in [5.41, 5.74) is 22.0. The van der Waals surface area contributed by atoms with E-state index < -0.39 is 9.07 Å². The molecule has 2 aliphatic heterocycles. The predicted octanol–water partition coefficient (Wildman–Crippen LogP) is 21.7. The van der Waals surface area contributed by atoms with Crippen molar-refractivity contribution >= 4 is 96.3 Å². The van der Waals surface area contributed by atoms with Crippen LogP contribution in [0.15, 0.2) is 335 Å². The smallest absolute Gasteiger partial charge is 0.0549 e. The Balaban J connectivity index is 0.763. The highest BCUT2D eigenvalue weighted by Crippen LogP contribution is 2.71. The van der Waals surface area contributed by atoms with Crippen molar-refractivity contribution < 1.29 is 4.21 Å². The fraction of sp³-hybridized carbons (Fsp3) is 0. The lowest BCUT2D eigenvalue weighted by Crippen LogP contribution is -2.30. The summed E-state index contributed by atoms with van der Waals surface area (Å²) in [5, 5.41) is 9.61. The molecule has 6 heterocycles. The van der Waals surface area contributed by atoms with Gasteiger partial charge in [0, 0.05) is 94.2 Å². The molecule has 6 heteroatoms. The maximum absolute atomic E-state index is 18.2. The van der Waals surface area contributed by atoms with Crippen molar-refractivity contribution in [2.24, 2.45) is 0 Å². The summed E-state index contributed by atoms with van der Waals surface area (Å²) in [6.07, 6.45) is 0. The summed E-state index contributed by atoms with van der Waals surface area (Å²) >= 11 is 0. The average Bonchev–Trinajstić information content (AvgIpc) is 1.48. The first-order valence-corrected chi connectivity index (χ1v) is 32.9. The second-order valence-corrected chi connectivity index (χ2v) is 27.9. The van der Waals surface area contributed by atoms with Gasteiger partial charge in [-0.1, -0.05) is 194 Å². The molecule has 420 valence electrons. The molecule has 0 N–H and O–H groups in total. The third kappa shape index (κ3) is 6.31. The third-order valence-corrected chi connectivity index (χ3v) is 24.6. The quantitative estimate of drug-likeness (QED) is 0.163. The highest BCUT2D eigenvalue weighted by atomic mass is 32.3. The van der Waals surface area contributed by atoms with E-state index in [1.165, 1.54) is 65.2 Å². The molecule has 0 bridgehead atoms. The summed E-state index contributed by atoms with van der Waals surface area (Å²) in [6, 6.07) is 114. The van der Waals surface area contributed by atoms with E-state index in [1.54, 1.807) is 0 Å². The van der Waals surface area contributed by atoms with Crippen LogP contribution in [0.1, 0.15) is 0 Å². The molecular formula is C84H52N4OS. The first kappa shape index (κ1) is 49.5. The van der Waals surface area contributed by atoms with Gasteiger partial charge < -0.3 is 18.3 Å². The van der Waals surface area contributed by atoms with Crippen LogP contribution in [-0.2, 0) is 9.07 Å². The van der Waals surface area contributed by atoms with E-state index in [0.29, 0.717) is 0 Å². The number of hydrogen-bond acceptors (Lipinski definition) is 1. The summed E-state index contributed by atoms with van der Waals surface area (Å²) in [6.45, 7) is 0. The minimum Gasteiger partial charge on any atom is -0.309 e. The molecule has 4 aromatic heterocycles. The number of benzene rings is 14. The minimum absolute atomic E-state index is 0.855. The zero-order valence-electron chi connectivity index (χ0n) is 48.6. The van der Waals surface area contributed by atoms with Crippen molar-refractivity contribution in [2.75, 3.05) is 0 Å². The Bertz CT molecular complexity index is 5850. The monoisotopic (exact) mass is 1160 g/mol. The van der Waals surface area contributed by atoms with E-state index in [0.717, 1.165) is 109 Å². The van der Waals surface area contributed by atoms with Crippen LogP contribution in [0, 0.1) is 0 Å². The largest absolute Gasteiger partial charge is 0.309 e. The molecule has 5 nitrogen and oxygen atoms in total. The molecule has 14 aromatic carbocycles. The first-order chi connectivity index (χ1) is 44.5. The Morgan fingerprint density at radius 3 is 0.878 bits per heavy atom. The van der Waals surface area contributed by atoms with Crippen molar-refractivity contribution in [1.82, 2.24) is 18.3 Å². The number of hydrogen-bond donors (Lipinski definition) is 0. The normalized spacial score (nSPS) is 14.1. The van der Waals surface area contributed by atoms with Crippen LogP contribution < -0.4 is 0 Å². The number of para-hydroxylation sites is 8. The Labute approximate surface area is 517 Å². The van der Waals surface area contributed by atoms with Gasteiger partial charge in [-0.05, 0) is 155 Å². The fourth-order valence-electron chi connectivity index (χ4n) is 16.2. The summed E-state index contributed by atoms with van der Waals surface area (Å²) in [7, 11) is -4.24. The van der Waals surface area contributed by atoms with Crippen molar-refractivity contribution in [1.29, 1.82) is 0 Å². The second kappa shape index (κ2) is 18.0. The maximum atomic E-state index is 18.2. The molecule has 2 aliphatic rings. The SMILES string of the molecule is O=S12(c3ccccc3-c3cc(-c4ccccc4-n4c5ccccc5c5cc6c(cc54)c4ccccc4n6-c4ccccc4)ccc31)c1ccccc1-c1cc(-c3ccccc3-n3c4ccccc4c4cc5c(cc43)c3ccccc3n5-c3ccccc3)ccc12. The van der Waals surface area contributed by atoms with E-state index in [4.69, 9.17) is 0 Å². The number of fused-ring (bicyclic) bond motifs is 22. The van der Waals surface area contributed by atoms with Gasteiger partial charge in [-0.25, -0.2) is 0 Å². The second-order valence-electron chi connectivity index (χ2n) is 24.2. The van der Waals surface area contributed by atoms with Gasteiger partial charge in [0.25, 0.3) is 0 Å². The Kier molecular flexibility index (Phi) is 9.92. The van der Waals surface area contributed by atoms with Gasteiger partial charge in [-0.2, -0.15) is 0 Å². The van der Waals surface area contributed by atoms with Crippen LogP contribution in [0.25, 0.3) is 154 Å². The van der Waals surface area contributed by atoms with Crippen molar-refractivity contribution in [3.05, 3.63) is 315 Å². The highest BCUT2D eigenvalue weighted by Gasteiger charge is 2.57. The Morgan fingerprint density at radius 2 is 0.489 bits per heavy atom. The molecule has 0 unspecified atom stereocenters.